The fourth-order valence-corrected chi connectivity index (χ4v) is 2.67. The molecule has 1 aliphatic rings. The van der Waals surface area contributed by atoms with Gasteiger partial charge in [0, 0.05) is 11.5 Å². The van der Waals surface area contributed by atoms with Crippen LogP contribution in [0.4, 0.5) is 0 Å². The molecule has 3 heteroatoms. The Bertz CT molecular complexity index is 208. The predicted octanol–water partition coefficient (Wildman–Crippen LogP) is 2.73. The van der Waals surface area contributed by atoms with Crippen molar-refractivity contribution >= 4 is 7.37 Å². The van der Waals surface area contributed by atoms with E-state index in [2.05, 4.69) is 0 Å². The van der Waals surface area contributed by atoms with Crippen LogP contribution in [-0.4, -0.2) is 11.1 Å². The average Bonchev–Trinajstić information content (AvgIpc) is 2.06. The summed E-state index contributed by atoms with van der Waals surface area (Å²) >= 11 is 0. The van der Waals surface area contributed by atoms with Crippen LogP contribution in [0.15, 0.2) is 11.4 Å². The number of rotatable bonds is 2. The molecule has 1 aliphatic carbocycles. The van der Waals surface area contributed by atoms with E-state index >= 15 is 0 Å². The van der Waals surface area contributed by atoms with Crippen LogP contribution in [-0.2, 0) is 4.57 Å². The molecule has 1 N–H and O–H groups in total. The molecule has 0 fully saturated rings. The summed E-state index contributed by atoms with van der Waals surface area (Å²) in [6.45, 7) is 1.77. The van der Waals surface area contributed by atoms with Gasteiger partial charge < -0.3 is 4.89 Å². The summed E-state index contributed by atoms with van der Waals surface area (Å²) in [4.78, 5) is 9.44. The minimum Gasteiger partial charge on any atom is -0.341 e. The largest absolute Gasteiger partial charge is 0.341 e. The van der Waals surface area contributed by atoms with Crippen molar-refractivity contribution in [2.24, 2.45) is 0 Å². The van der Waals surface area contributed by atoms with Gasteiger partial charge in [0.25, 0.3) is 0 Å². The summed E-state index contributed by atoms with van der Waals surface area (Å²) in [5.74, 6) is 0. The van der Waals surface area contributed by atoms with Gasteiger partial charge in [0.15, 0.2) is 0 Å². The van der Waals surface area contributed by atoms with Crippen LogP contribution in [0.3, 0.4) is 0 Å². The highest BCUT2D eigenvalue weighted by Crippen LogP contribution is 2.52. The van der Waals surface area contributed by atoms with E-state index in [1.807, 2.05) is 6.08 Å². The van der Waals surface area contributed by atoms with Crippen molar-refractivity contribution in [3.8, 4) is 0 Å². The number of allylic oxidation sites excluding steroid dienone is 2. The molecule has 0 heterocycles. The van der Waals surface area contributed by atoms with E-state index in [1.54, 1.807) is 6.92 Å². The van der Waals surface area contributed by atoms with Gasteiger partial charge in [-0.25, -0.2) is 0 Å². The van der Waals surface area contributed by atoms with Crippen LogP contribution in [0.2, 0.25) is 0 Å². The van der Waals surface area contributed by atoms with Crippen molar-refractivity contribution in [3.05, 3.63) is 11.4 Å². The molecule has 2 nitrogen and oxygen atoms in total. The molecule has 1 rings (SSSR count). The lowest BCUT2D eigenvalue weighted by atomic mass is 10.1. The monoisotopic (exact) mass is 174 g/mol. The quantitative estimate of drug-likeness (QED) is 0.653. The van der Waals surface area contributed by atoms with Crippen molar-refractivity contribution in [1.82, 2.24) is 0 Å². The topological polar surface area (TPSA) is 37.3 Å². The molecule has 0 amide bonds. The molecule has 0 spiro atoms. The minimum atomic E-state index is -2.89. The molecule has 0 saturated carbocycles. The van der Waals surface area contributed by atoms with Crippen molar-refractivity contribution in [2.75, 3.05) is 6.16 Å². The highest BCUT2D eigenvalue weighted by atomic mass is 31.2. The Labute approximate surface area is 67.8 Å². The summed E-state index contributed by atoms with van der Waals surface area (Å²) in [5, 5.41) is 0.811. The van der Waals surface area contributed by atoms with Crippen molar-refractivity contribution in [1.29, 1.82) is 0 Å². The third kappa shape index (κ3) is 2.18. The summed E-state index contributed by atoms with van der Waals surface area (Å²) < 4.78 is 11.4. The van der Waals surface area contributed by atoms with Gasteiger partial charge in [-0.2, -0.15) is 0 Å². The number of hydrogen-bond acceptors (Lipinski definition) is 1. The van der Waals surface area contributed by atoms with E-state index in [0.29, 0.717) is 6.16 Å². The van der Waals surface area contributed by atoms with Gasteiger partial charge in [0.1, 0.15) is 0 Å². The van der Waals surface area contributed by atoms with Gasteiger partial charge in [-0.05, 0) is 25.7 Å². The molecule has 0 aromatic rings. The zero-order valence-corrected chi connectivity index (χ0v) is 7.81. The molecule has 1 atom stereocenters. The Morgan fingerprint density at radius 2 is 2.36 bits per heavy atom. The van der Waals surface area contributed by atoms with E-state index < -0.39 is 7.37 Å². The number of hydrogen-bond donors (Lipinski definition) is 1. The molecule has 0 aliphatic heterocycles. The molecule has 11 heavy (non-hydrogen) atoms. The third-order valence-corrected chi connectivity index (χ3v) is 4.31. The van der Waals surface area contributed by atoms with E-state index in [0.717, 1.165) is 24.6 Å². The molecular formula is C8H15O2P. The second-order valence-electron chi connectivity index (χ2n) is 2.96. The molecule has 0 bridgehead atoms. The third-order valence-electron chi connectivity index (χ3n) is 2.14. The predicted molar refractivity (Wildman–Crippen MR) is 46.9 cm³/mol. The van der Waals surface area contributed by atoms with E-state index in [-0.39, 0.29) is 0 Å². The SMILES string of the molecule is CCP(=O)(O)C1=CCCCC1. The minimum absolute atomic E-state index is 0.388. The van der Waals surface area contributed by atoms with Crippen LogP contribution < -0.4 is 0 Å². The summed E-state index contributed by atoms with van der Waals surface area (Å²) in [7, 11) is -2.89. The van der Waals surface area contributed by atoms with E-state index in [9.17, 15) is 9.46 Å². The average molecular weight is 174 g/mol. The first-order valence-electron chi connectivity index (χ1n) is 4.18. The maximum absolute atomic E-state index is 11.4. The van der Waals surface area contributed by atoms with Crippen LogP contribution in [0, 0.1) is 0 Å². The summed E-state index contributed by atoms with van der Waals surface area (Å²) in [6.07, 6.45) is 6.41. The summed E-state index contributed by atoms with van der Waals surface area (Å²) in [6, 6.07) is 0. The summed E-state index contributed by atoms with van der Waals surface area (Å²) in [5.41, 5.74) is 0. The molecular weight excluding hydrogens is 159 g/mol. The van der Waals surface area contributed by atoms with Crippen molar-refractivity contribution < 1.29 is 9.46 Å². The zero-order chi connectivity index (χ0) is 8.32. The normalized spacial score (nSPS) is 24.0. The first kappa shape index (κ1) is 9.02. The highest BCUT2D eigenvalue weighted by molar-refractivity contribution is 7.62. The van der Waals surface area contributed by atoms with Crippen LogP contribution in [0.25, 0.3) is 0 Å². The van der Waals surface area contributed by atoms with Gasteiger partial charge in [-0.15, -0.1) is 0 Å². The van der Waals surface area contributed by atoms with Crippen LogP contribution in [0.5, 0.6) is 0 Å². The second-order valence-corrected chi connectivity index (χ2v) is 5.57. The smallest absolute Gasteiger partial charge is 0.225 e. The maximum Gasteiger partial charge on any atom is 0.225 e. The molecule has 1 unspecified atom stereocenters. The fraction of sp³-hybridized carbons (Fsp3) is 0.750. The van der Waals surface area contributed by atoms with Gasteiger partial charge >= 0.3 is 0 Å². The van der Waals surface area contributed by atoms with E-state index in [1.165, 1.54) is 6.42 Å². The van der Waals surface area contributed by atoms with Gasteiger partial charge in [0.2, 0.25) is 7.37 Å². The van der Waals surface area contributed by atoms with Crippen molar-refractivity contribution in [2.45, 2.75) is 32.6 Å². The standard InChI is InChI=1S/C8H15O2P/c1-2-11(9,10)8-6-4-3-5-7-8/h6H,2-5,7H2,1H3,(H,9,10). The molecule has 0 aromatic carbocycles. The lowest BCUT2D eigenvalue weighted by Crippen LogP contribution is -1.95. The lowest BCUT2D eigenvalue weighted by Gasteiger charge is -2.16. The van der Waals surface area contributed by atoms with E-state index in [4.69, 9.17) is 0 Å². The molecule has 0 radical (unpaired) electrons. The first-order valence-corrected chi connectivity index (χ1v) is 6.02. The Hall–Kier alpha value is -0.0700. The van der Waals surface area contributed by atoms with Crippen LogP contribution in [0.1, 0.15) is 32.6 Å². The zero-order valence-electron chi connectivity index (χ0n) is 6.92. The molecule has 64 valence electrons. The maximum atomic E-state index is 11.4. The Kier molecular flexibility index (Phi) is 2.91. The lowest BCUT2D eigenvalue weighted by molar-refractivity contribution is 0.482. The molecule has 0 aromatic heterocycles. The van der Waals surface area contributed by atoms with Crippen molar-refractivity contribution in [3.63, 3.8) is 0 Å². The Morgan fingerprint density at radius 3 is 2.82 bits per heavy atom. The van der Waals surface area contributed by atoms with Gasteiger partial charge in [-0.1, -0.05) is 13.0 Å². The Morgan fingerprint density at radius 1 is 1.64 bits per heavy atom. The second kappa shape index (κ2) is 3.55. The van der Waals surface area contributed by atoms with Crippen LogP contribution >= 0.6 is 7.37 Å². The van der Waals surface area contributed by atoms with Gasteiger partial charge in [-0.3, -0.25) is 4.57 Å². The fourth-order valence-electron chi connectivity index (χ4n) is 1.34. The van der Waals surface area contributed by atoms with Gasteiger partial charge in [0.05, 0.1) is 0 Å². The first-order chi connectivity index (χ1) is 5.17. The highest BCUT2D eigenvalue weighted by Gasteiger charge is 2.22. The molecule has 0 saturated heterocycles. The Balaban J connectivity index is 2.72.